The van der Waals surface area contributed by atoms with Crippen molar-refractivity contribution in [2.45, 2.75) is 33.2 Å². The lowest BCUT2D eigenvalue weighted by Gasteiger charge is -2.20. The summed E-state index contributed by atoms with van der Waals surface area (Å²) in [5, 5.41) is 8.66. The molecule has 1 saturated heterocycles. The number of carboxylic acid groups (broad SMARTS) is 1. The molecule has 5 heteroatoms. The van der Waals surface area contributed by atoms with Gasteiger partial charge in [-0.05, 0) is 43.9 Å². The van der Waals surface area contributed by atoms with Crippen LogP contribution >= 0.6 is 11.3 Å². The van der Waals surface area contributed by atoms with Gasteiger partial charge in [0, 0.05) is 23.5 Å². The van der Waals surface area contributed by atoms with Gasteiger partial charge in [0.05, 0.1) is 4.88 Å². The monoisotopic (exact) mass is 293 g/mol. The van der Waals surface area contributed by atoms with Crippen LogP contribution < -0.4 is 0 Å². The SMILES string of the molecule is Cc1cc(C(=O)N2CC(C)CC2C)sc1/C=C/C(=O)O. The maximum atomic E-state index is 12.5. The third-order valence-corrected chi connectivity index (χ3v) is 4.78. The lowest BCUT2D eigenvalue weighted by molar-refractivity contribution is -0.131. The second kappa shape index (κ2) is 5.79. The number of hydrogen-bond donors (Lipinski definition) is 1. The lowest BCUT2D eigenvalue weighted by atomic mass is 10.1. The van der Waals surface area contributed by atoms with E-state index in [-0.39, 0.29) is 11.9 Å². The quantitative estimate of drug-likeness (QED) is 0.871. The van der Waals surface area contributed by atoms with E-state index in [1.807, 2.05) is 17.9 Å². The van der Waals surface area contributed by atoms with E-state index in [0.29, 0.717) is 10.8 Å². The number of rotatable bonds is 3. The van der Waals surface area contributed by atoms with Crippen LogP contribution in [-0.2, 0) is 4.79 Å². The lowest BCUT2D eigenvalue weighted by Crippen LogP contribution is -2.33. The largest absolute Gasteiger partial charge is 0.478 e. The molecule has 0 bridgehead atoms. The summed E-state index contributed by atoms with van der Waals surface area (Å²) in [6, 6.07) is 2.13. The van der Waals surface area contributed by atoms with Gasteiger partial charge >= 0.3 is 5.97 Å². The van der Waals surface area contributed by atoms with Crippen molar-refractivity contribution in [2.24, 2.45) is 5.92 Å². The second-order valence-corrected chi connectivity index (χ2v) is 6.56. The summed E-state index contributed by atoms with van der Waals surface area (Å²) in [5.41, 5.74) is 0.941. The molecule has 0 saturated carbocycles. The van der Waals surface area contributed by atoms with Crippen LogP contribution in [0.1, 0.15) is 40.4 Å². The van der Waals surface area contributed by atoms with Crippen molar-refractivity contribution in [1.29, 1.82) is 0 Å². The highest BCUT2D eigenvalue weighted by Gasteiger charge is 2.31. The summed E-state index contributed by atoms with van der Waals surface area (Å²) in [6.45, 7) is 6.93. The number of carbonyl (C=O) groups is 2. The molecule has 0 aromatic carbocycles. The van der Waals surface area contributed by atoms with E-state index < -0.39 is 5.97 Å². The van der Waals surface area contributed by atoms with E-state index in [4.69, 9.17) is 5.11 Å². The van der Waals surface area contributed by atoms with E-state index in [1.54, 1.807) is 6.08 Å². The van der Waals surface area contributed by atoms with Gasteiger partial charge in [-0.1, -0.05) is 6.92 Å². The third kappa shape index (κ3) is 3.10. The first kappa shape index (κ1) is 14.8. The first-order chi connectivity index (χ1) is 9.38. The summed E-state index contributed by atoms with van der Waals surface area (Å²) in [5.74, 6) is -0.376. The normalized spacial score (nSPS) is 22.6. The fraction of sp³-hybridized carbons (Fsp3) is 0.467. The summed E-state index contributed by atoms with van der Waals surface area (Å²) >= 11 is 1.36. The minimum atomic E-state index is -0.979. The van der Waals surface area contributed by atoms with E-state index in [2.05, 4.69) is 13.8 Å². The molecule has 1 N–H and O–H groups in total. The predicted molar refractivity (Wildman–Crippen MR) is 80.0 cm³/mol. The molecular weight excluding hydrogens is 274 g/mol. The van der Waals surface area contributed by atoms with Crippen molar-refractivity contribution < 1.29 is 14.7 Å². The van der Waals surface area contributed by atoms with Gasteiger partial charge < -0.3 is 10.0 Å². The van der Waals surface area contributed by atoms with Crippen molar-refractivity contribution >= 4 is 29.3 Å². The minimum absolute atomic E-state index is 0.0601. The van der Waals surface area contributed by atoms with Crippen LogP contribution in [0.5, 0.6) is 0 Å². The van der Waals surface area contributed by atoms with Crippen LogP contribution in [0.4, 0.5) is 0 Å². The zero-order valence-electron chi connectivity index (χ0n) is 11.9. The van der Waals surface area contributed by atoms with Crippen molar-refractivity contribution in [1.82, 2.24) is 4.90 Å². The Hall–Kier alpha value is -1.62. The number of nitrogens with zero attached hydrogens (tertiary/aromatic N) is 1. The molecular formula is C15H19NO3S. The van der Waals surface area contributed by atoms with E-state index >= 15 is 0 Å². The highest BCUT2D eigenvalue weighted by Crippen LogP contribution is 2.29. The number of carbonyl (C=O) groups excluding carboxylic acids is 1. The molecule has 1 amide bonds. The van der Waals surface area contributed by atoms with Crippen LogP contribution in [0.3, 0.4) is 0 Å². The number of aryl methyl sites for hydroxylation is 1. The Morgan fingerprint density at radius 1 is 1.45 bits per heavy atom. The van der Waals surface area contributed by atoms with Crippen LogP contribution in [0, 0.1) is 12.8 Å². The Bertz CT molecular complexity index is 561. The van der Waals surface area contributed by atoms with Gasteiger partial charge in [-0.15, -0.1) is 11.3 Å². The zero-order valence-corrected chi connectivity index (χ0v) is 12.7. The third-order valence-electron chi connectivity index (χ3n) is 3.59. The molecule has 1 aromatic rings. The molecule has 1 aliphatic heterocycles. The first-order valence-corrected chi connectivity index (χ1v) is 7.52. The van der Waals surface area contributed by atoms with Crippen molar-refractivity contribution in [2.75, 3.05) is 6.54 Å². The highest BCUT2D eigenvalue weighted by molar-refractivity contribution is 7.15. The predicted octanol–water partition coefficient (Wildman–Crippen LogP) is 3.02. The average molecular weight is 293 g/mol. The standard InChI is InChI=1S/C15H19NO3S/c1-9-6-11(3)16(8-9)15(19)13-7-10(2)12(20-13)4-5-14(17)18/h4-5,7,9,11H,6,8H2,1-3H3,(H,17,18)/b5-4+. The van der Waals surface area contributed by atoms with E-state index in [1.165, 1.54) is 11.3 Å². The molecule has 108 valence electrons. The molecule has 2 unspecified atom stereocenters. The number of thiophene rings is 1. The van der Waals surface area contributed by atoms with Gasteiger partial charge in [0.25, 0.3) is 5.91 Å². The van der Waals surface area contributed by atoms with Crippen molar-refractivity contribution in [3.63, 3.8) is 0 Å². The van der Waals surface area contributed by atoms with Gasteiger partial charge in [-0.3, -0.25) is 4.79 Å². The van der Waals surface area contributed by atoms with Crippen LogP contribution in [0.2, 0.25) is 0 Å². The maximum absolute atomic E-state index is 12.5. The van der Waals surface area contributed by atoms with Gasteiger partial charge in [0.2, 0.25) is 0 Å². The van der Waals surface area contributed by atoms with Crippen LogP contribution in [-0.4, -0.2) is 34.5 Å². The fourth-order valence-corrected chi connectivity index (χ4v) is 3.67. The summed E-state index contributed by atoms with van der Waals surface area (Å²) < 4.78 is 0. The molecule has 4 nitrogen and oxygen atoms in total. The van der Waals surface area contributed by atoms with E-state index in [0.717, 1.165) is 29.5 Å². The number of aliphatic carboxylic acids is 1. The van der Waals surface area contributed by atoms with Gasteiger partial charge in [-0.25, -0.2) is 4.79 Å². The summed E-state index contributed by atoms with van der Waals surface area (Å²) in [6.07, 6.45) is 3.70. The summed E-state index contributed by atoms with van der Waals surface area (Å²) in [7, 11) is 0. The van der Waals surface area contributed by atoms with Crippen LogP contribution in [0.15, 0.2) is 12.1 Å². The summed E-state index contributed by atoms with van der Waals surface area (Å²) in [4.78, 5) is 26.5. The van der Waals surface area contributed by atoms with Crippen LogP contribution in [0.25, 0.3) is 6.08 Å². The second-order valence-electron chi connectivity index (χ2n) is 5.48. The van der Waals surface area contributed by atoms with Crippen molar-refractivity contribution in [3.05, 3.63) is 27.5 Å². The average Bonchev–Trinajstić information content (AvgIpc) is 2.89. The molecule has 2 heterocycles. The molecule has 1 aliphatic rings. The number of likely N-dealkylation sites (tertiary alicyclic amines) is 1. The first-order valence-electron chi connectivity index (χ1n) is 6.71. The molecule has 0 aliphatic carbocycles. The van der Waals surface area contributed by atoms with Gasteiger partial charge in [-0.2, -0.15) is 0 Å². The smallest absolute Gasteiger partial charge is 0.328 e. The number of hydrogen-bond acceptors (Lipinski definition) is 3. The number of amides is 1. The fourth-order valence-electron chi connectivity index (χ4n) is 2.64. The van der Waals surface area contributed by atoms with Crippen molar-refractivity contribution in [3.8, 4) is 0 Å². The molecule has 0 radical (unpaired) electrons. The maximum Gasteiger partial charge on any atom is 0.328 e. The van der Waals surface area contributed by atoms with E-state index in [9.17, 15) is 9.59 Å². The zero-order chi connectivity index (χ0) is 14.9. The topological polar surface area (TPSA) is 57.6 Å². The molecule has 2 rings (SSSR count). The molecule has 1 aromatic heterocycles. The number of carboxylic acids is 1. The molecule has 20 heavy (non-hydrogen) atoms. The minimum Gasteiger partial charge on any atom is -0.478 e. The Morgan fingerprint density at radius 3 is 2.70 bits per heavy atom. The molecule has 2 atom stereocenters. The molecule has 1 fully saturated rings. The Morgan fingerprint density at radius 2 is 2.15 bits per heavy atom. The molecule has 0 spiro atoms. The Balaban J connectivity index is 2.19. The van der Waals surface area contributed by atoms with Gasteiger partial charge in [0.1, 0.15) is 0 Å². The van der Waals surface area contributed by atoms with Gasteiger partial charge in [0.15, 0.2) is 0 Å². The Labute approximate surface area is 122 Å². The highest BCUT2D eigenvalue weighted by atomic mass is 32.1. The Kier molecular flexibility index (Phi) is 4.28.